The molecule has 0 atom stereocenters. The molecule has 0 saturated carbocycles. The summed E-state index contributed by atoms with van der Waals surface area (Å²) in [5, 5.41) is 0.910. The number of carbonyl (C=O) groups is 1. The van der Waals surface area contributed by atoms with Gasteiger partial charge in [0.1, 0.15) is 11.6 Å². The summed E-state index contributed by atoms with van der Waals surface area (Å²) in [6.45, 7) is 6.08. The highest BCUT2D eigenvalue weighted by atomic mass is 16.5. The first-order valence-corrected chi connectivity index (χ1v) is 11.6. The third-order valence-electron chi connectivity index (χ3n) is 6.49. The fourth-order valence-corrected chi connectivity index (χ4v) is 4.63. The molecule has 0 N–H and O–H groups in total. The third kappa shape index (κ3) is 4.59. The number of carbonyl (C=O) groups excluding carboxylic acids is 1. The number of fused-ring (bicyclic) bond motifs is 1. The van der Waals surface area contributed by atoms with Crippen molar-refractivity contribution < 1.29 is 14.3 Å². The predicted molar refractivity (Wildman–Crippen MR) is 131 cm³/mol. The van der Waals surface area contributed by atoms with E-state index in [1.54, 1.807) is 7.11 Å². The molecule has 33 heavy (non-hydrogen) atoms. The molecule has 0 aliphatic carbocycles. The Hall–Kier alpha value is -3.32. The Bertz CT molecular complexity index is 1110. The first-order chi connectivity index (χ1) is 16.2. The number of aromatic nitrogens is 1. The maximum absolute atomic E-state index is 13.4. The van der Waals surface area contributed by atoms with Crippen LogP contribution in [0.1, 0.15) is 16.8 Å². The largest absolute Gasteiger partial charge is 0.497 e. The van der Waals surface area contributed by atoms with Crippen molar-refractivity contribution in [1.29, 1.82) is 0 Å². The minimum Gasteiger partial charge on any atom is -0.497 e. The molecule has 2 aromatic carbocycles. The third-order valence-corrected chi connectivity index (χ3v) is 6.49. The van der Waals surface area contributed by atoms with Crippen LogP contribution in [0.3, 0.4) is 0 Å². The van der Waals surface area contributed by atoms with Crippen molar-refractivity contribution >= 4 is 28.3 Å². The molecule has 0 bridgehead atoms. The Labute approximate surface area is 194 Å². The van der Waals surface area contributed by atoms with Crippen LogP contribution in [0.25, 0.3) is 10.9 Å². The summed E-state index contributed by atoms with van der Waals surface area (Å²) in [7, 11) is 1.69. The fraction of sp³-hybridized carbons (Fsp3) is 0.385. The molecule has 7 nitrogen and oxygen atoms in total. The van der Waals surface area contributed by atoms with Crippen molar-refractivity contribution in [3.05, 3.63) is 60.2 Å². The van der Waals surface area contributed by atoms with Crippen LogP contribution in [0.4, 0.5) is 11.5 Å². The van der Waals surface area contributed by atoms with Gasteiger partial charge < -0.3 is 24.2 Å². The number of ether oxygens (including phenoxy) is 2. The zero-order chi connectivity index (χ0) is 22.6. The van der Waals surface area contributed by atoms with Crippen molar-refractivity contribution in [2.45, 2.75) is 6.42 Å². The van der Waals surface area contributed by atoms with Crippen molar-refractivity contribution in [3.63, 3.8) is 0 Å². The lowest BCUT2D eigenvalue weighted by molar-refractivity contribution is 0.0304. The molecule has 1 aromatic heterocycles. The molecule has 2 fully saturated rings. The normalized spacial score (nSPS) is 17.2. The summed E-state index contributed by atoms with van der Waals surface area (Å²) < 4.78 is 10.7. The molecule has 0 unspecified atom stereocenters. The van der Waals surface area contributed by atoms with Crippen molar-refractivity contribution in [3.8, 4) is 5.75 Å². The van der Waals surface area contributed by atoms with Gasteiger partial charge >= 0.3 is 0 Å². The van der Waals surface area contributed by atoms with Gasteiger partial charge in [0.2, 0.25) is 0 Å². The molecule has 1 amide bonds. The van der Waals surface area contributed by atoms with Gasteiger partial charge in [0.15, 0.2) is 0 Å². The van der Waals surface area contributed by atoms with Gasteiger partial charge in [-0.1, -0.05) is 18.2 Å². The average Bonchev–Trinajstić information content (AvgIpc) is 3.15. The van der Waals surface area contributed by atoms with Crippen molar-refractivity contribution in [2.75, 3.05) is 69.4 Å². The number of para-hydroxylation sites is 1. The topological polar surface area (TPSA) is 58.1 Å². The summed E-state index contributed by atoms with van der Waals surface area (Å²) in [5.41, 5.74) is 2.80. The van der Waals surface area contributed by atoms with Crippen LogP contribution in [0.5, 0.6) is 5.75 Å². The number of amides is 1. The van der Waals surface area contributed by atoms with Gasteiger partial charge in [0, 0.05) is 50.3 Å². The van der Waals surface area contributed by atoms with Crippen LogP contribution in [-0.2, 0) is 4.74 Å². The fourth-order valence-electron chi connectivity index (χ4n) is 4.63. The minimum absolute atomic E-state index is 0.0628. The highest BCUT2D eigenvalue weighted by Gasteiger charge is 2.23. The van der Waals surface area contributed by atoms with Crippen LogP contribution in [-0.4, -0.2) is 75.4 Å². The van der Waals surface area contributed by atoms with E-state index in [4.69, 9.17) is 14.5 Å². The van der Waals surface area contributed by atoms with Gasteiger partial charge in [-0.3, -0.25) is 4.79 Å². The summed E-state index contributed by atoms with van der Waals surface area (Å²) in [4.78, 5) is 25.0. The molecule has 2 aliphatic heterocycles. The predicted octanol–water partition coefficient (Wildman–Crippen LogP) is 3.43. The lowest BCUT2D eigenvalue weighted by Crippen LogP contribution is -2.41. The zero-order valence-corrected chi connectivity index (χ0v) is 19.1. The first kappa shape index (κ1) is 21.5. The first-order valence-electron chi connectivity index (χ1n) is 11.6. The molecule has 2 saturated heterocycles. The molecule has 2 aliphatic rings. The van der Waals surface area contributed by atoms with Crippen molar-refractivity contribution in [2.24, 2.45) is 0 Å². The Morgan fingerprint density at radius 3 is 2.42 bits per heavy atom. The molecule has 172 valence electrons. The van der Waals surface area contributed by atoms with Crippen LogP contribution in [0, 0.1) is 0 Å². The standard InChI is InChI=1S/C26H30N4O3/c1-32-21-9-7-20(8-10-21)28-11-4-12-29(14-13-28)25-19-23(22-5-2-3-6-24(22)27-25)26(31)30-15-17-33-18-16-30/h2-3,5-10,19H,4,11-18H2,1H3. The van der Waals surface area contributed by atoms with Crippen LogP contribution >= 0.6 is 0 Å². The SMILES string of the molecule is COc1ccc(N2CCCN(c3cc(C(=O)N4CCOCC4)c4ccccc4n3)CC2)cc1. The maximum atomic E-state index is 13.4. The molecule has 0 radical (unpaired) electrons. The Morgan fingerprint density at radius 1 is 0.909 bits per heavy atom. The summed E-state index contributed by atoms with van der Waals surface area (Å²) in [6, 6.07) is 18.2. The van der Waals surface area contributed by atoms with Gasteiger partial charge in [0.25, 0.3) is 5.91 Å². The highest BCUT2D eigenvalue weighted by Crippen LogP contribution is 2.27. The molecular formula is C26H30N4O3. The molecule has 5 rings (SSSR count). The lowest BCUT2D eigenvalue weighted by atomic mass is 10.1. The second-order valence-electron chi connectivity index (χ2n) is 8.48. The number of hydrogen-bond acceptors (Lipinski definition) is 6. The van der Waals surface area contributed by atoms with Crippen LogP contribution in [0.15, 0.2) is 54.6 Å². The Morgan fingerprint density at radius 2 is 1.64 bits per heavy atom. The quantitative estimate of drug-likeness (QED) is 0.612. The van der Waals surface area contributed by atoms with E-state index in [0.29, 0.717) is 26.3 Å². The van der Waals surface area contributed by atoms with Crippen LogP contribution in [0.2, 0.25) is 0 Å². The number of anilines is 2. The average molecular weight is 447 g/mol. The van der Waals surface area contributed by atoms with Gasteiger partial charge in [-0.2, -0.15) is 0 Å². The second kappa shape index (κ2) is 9.67. The monoisotopic (exact) mass is 446 g/mol. The lowest BCUT2D eigenvalue weighted by Gasteiger charge is -2.28. The molecule has 0 spiro atoms. The van der Waals surface area contributed by atoms with Gasteiger partial charge in [-0.15, -0.1) is 0 Å². The van der Waals surface area contributed by atoms with Crippen LogP contribution < -0.4 is 14.5 Å². The number of methoxy groups -OCH3 is 1. The minimum atomic E-state index is 0.0628. The van der Waals surface area contributed by atoms with E-state index in [-0.39, 0.29) is 5.91 Å². The van der Waals surface area contributed by atoms with E-state index in [1.165, 1.54) is 5.69 Å². The van der Waals surface area contributed by atoms with E-state index < -0.39 is 0 Å². The van der Waals surface area contributed by atoms with E-state index in [1.807, 2.05) is 47.4 Å². The zero-order valence-electron chi connectivity index (χ0n) is 19.1. The number of nitrogens with zero attached hydrogens (tertiary/aromatic N) is 4. The van der Waals surface area contributed by atoms with E-state index >= 15 is 0 Å². The number of hydrogen-bond donors (Lipinski definition) is 0. The van der Waals surface area contributed by atoms with E-state index in [9.17, 15) is 4.79 Å². The van der Waals surface area contributed by atoms with Gasteiger partial charge in [-0.25, -0.2) is 4.98 Å². The molecule has 7 heteroatoms. The number of morpholine rings is 1. The molecule has 3 heterocycles. The molecular weight excluding hydrogens is 416 g/mol. The summed E-state index contributed by atoms with van der Waals surface area (Å²) in [6.07, 6.45) is 1.02. The second-order valence-corrected chi connectivity index (χ2v) is 8.48. The van der Waals surface area contributed by atoms with E-state index in [2.05, 4.69) is 21.9 Å². The Kier molecular flexibility index (Phi) is 6.30. The van der Waals surface area contributed by atoms with E-state index in [0.717, 1.165) is 60.6 Å². The number of pyridine rings is 1. The summed E-state index contributed by atoms with van der Waals surface area (Å²) in [5.74, 6) is 1.81. The number of rotatable bonds is 4. The number of benzene rings is 2. The van der Waals surface area contributed by atoms with Crippen molar-refractivity contribution in [1.82, 2.24) is 9.88 Å². The van der Waals surface area contributed by atoms with Gasteiger partial charge in [0.05, 0.1) is 31.4 Å². The van der Waals surface area contributed by atoms with Gasteiger partial charge in [-0.05, 0) is 42.8 Å². The summed E-state index contributed by atoms with van der Waals surface area (Å²) >= 11 is 0. The Balaban J connectivity index is 1.40. The highest BCUT2D eigenvalue weighted by molar-refractivity contribution is 6.07. The maximum Gasteiger partial charge on any atom is 0.254 e. The smallest absolute Gasteiger partial charge is 0.254 e. The molecule has 3 aromatic rings.